The summed E-state index contributed by atoms with van der Waals surface area (Å²) in [6.45, 7) is 2.00. The van der Waals surface area contributed by atoms with Gasteiger partial charge in [-0.05, 0) is 41.8 Å². The summed E-state index contributed by atoms with van der Waals surface area (Å²) in [7, 11) is 0. The number of benzene rings is 3. The van der Waals surface area contributed by atoms with Crippen LogP contribution in [0.25, 0.3) is 11.1 Å². The van der Waals surface area contributed by atoms with Crippen LogP contribution < -0.4 is 0 Å². The first-order valence-electron chi connectivity index (χ1n) is 10.3. The fraction of sp³-hybridized carbons (Fsp3) is 0.154. The molecule has 0 spiro atoms. The molecule has 0 N–H and O–H groups in total. The van der Waals surface area contributed by atoms with Crippen molar-refractivity contribution in [2.45, 2.75) is 25.5 Å². The highest BCUT2D eigenvalue weighted by molar-refractivity contribution is 5.78. The van der Waals surface area contributed by atoms with Gasteiger partial charge in [0, 0.05) is 18.0 Å². The van der Waals surface area contributed by atoms with Crippen LogP contribution in [0.15, 0.2) is 91.5 Å². The summed E-state index contributed by atoms with van der Waals surface area (Å²) in [6, 6.07) is 19.8. The van der Waals surface area contributed by atoms with Crippen LogP contribution in [0, 0.1) is 11.6 Å². The van der Waals surface area contributed by atoms with Gasteiger partial charge in [-0.25, -0.2) is 13.8 Å². The quantitative estimate of drug-likeness (QED) is 0.341. The normalized spacial score (nSPS) is 12.8. The highest BCUT2D eigenvalue weighted by atomic mass is 19.1. The van der Waals surface area contributed by atoms with Crippen molar-refractivity contribution in [2.75, 3.05) is 0 Å². The van der Waals surface area contributed by atoms with E-state index in [1.54, 1.807) is 54.5 Å². The largest absolute Gasteiger partial charge is 0.455 e. The molecule has 0 radical (unpaired) electrons. The van der Waals surface area contributed by atoms with Gasteiger partial charge in [-0.1, -0.05) is 54.6 Å². The monoisotopic (exact) mass is 432 g/mol. The SMILES string of the molecule is C[C@@H](C(=O)O[C@H](Cn1ccnc1)c1ccc(F)cc1)c1ccc(-c2ccccc2)c(F)c1. The van der Waals surface area contributed by atoms with Gasteiger partial charge in [0.15, 0.2) is 0 Å². The maximum Gasteiger partial charge on any atom is 0.313 e. The molecule has 0 saturated carbocycles. The fourth-order valence-electron chi connectivity index (χ4n) is 3.51. The van der Waals surface area contributed by atoms with Crippen molar-refractivity contribution in [3.05, 3.63) is 114 Å². The highest BCUT2D eigenvalue weighted by Gasteiger charge is 2.24. The van der Waals surface area contributed by atoms with E-state index >= 15 is 0 Å². The van der Waals surface area contributed by atoms with Crippen molar-refractivity contribution < 1.29 is 18.3 Å². The van der Waals surface area contributed by atoms with Gasteiger partial charge in [-0.15, -0.1) is 0 Å². The zero-order chi connectivity index (χ0) is 22.5. The van der Waals surface area contributed by atoms with E-state index < -0.39 is 23.8 Å². The molecule has 0 unspecified atom stereocenters. The molecule has 1 aromatic heterocycles. The van der Waals surface area contributed by atoms with Gasteiger partial charge in [0.2, 0.25) is 0 Å². The van der Waals surface area contributed by atoms with E-state index in [9.17, 15) is 13.6 Å². The molecule has 0 saturated heterocycles. The minimum atomic E-state index is -0.681. The third-order valence-corrected chi connectivity index (χ3v) is 5.37. The van der Waals surface area contributed by atoms with E-state index in [2.05, 4.69) is 4.98 Å². The zero-order valence-corrected chi connectivity index (χ0v) is 17.5. The van der Waals surface area contributed by atoms with E-state index in [1.165, 1.54) is 18.2 Å². The second kappa shape index (κ2) is 9.56. The molecule has 0 aliphatic carbocycles. The molecule has 6 heteroatoms. The van der Waals surface area contributed by atoms with Crippen LogP contribution in [-0.2, 0) is 16.1 Å². The highest BCUT2D eigenvalue weighted by Crippen LogP contribution is 2.29. The topological polar surface area (TPSA) is 44.1 Å². The summed E-state index contributed by atoms with van der Waals surface area (Å²) in [5.74, 6) is -1.95. The molecular formula is C26H22F2N2O2. The van der Waals surface area contributed by atoms with E-state index in [0.29, 0.717) is 23.2 Å². The first-order chi connectivity index (χ1) is 15.5. The third kappa shape index (κ3) is 4.91. The third-order valence-electron chi connectivity index (χ3n) is 5.37. The standard InChI is InChI=1S/C26H22F2N2O2/c1-18(21-9-12-23(24(28)15-21)19-5-3-2-4-6-19)26(31)32-25(16-30-14-13-29-17-30)20-7-10-22(27)11-8-20/h2-15,17-18,25H,16H2,1H3/t18-,25-/m1/s1. The maximum atomic E-state index is 14.8. The van der Waals surface area contributed by atoms with Gasteiger partial charge in [-0.2, -0.15) is 0 Å². The number of hydrogen-bond donors (Lipinski definition) is 0. The van der Waals surface area contributed by atoms with Gasteiger partial charge < -0.3 is 9.30 Å². The second-order valence-electron chi connectivity index (χ2n) is 7.56. The zero-order valence-electron chi connectivity index (χ0n) is 17.5. The van der Waals surface area contributed by atoms with Crippen molar-refractivity contribution in [2.24, 2.45) is 0 Å². The van der Waals surface area contributed by atoms with Crippen molar-refractivity contribution >= 4 is 5.97 Å². The number of hydrogen-bond acceptors (Lipinski definition) is 3. The lowest BCUT2D eigenvalue weighted by molar-refractivity contribution is -0.151. The van der Waals surface area contributed by atoms with Gasteiger partial charge in [0.25, 0.3) is 0 Å². The molecule has 4 aromatic rings. The summed E-state index contributed by atoms with van der Waals surface area (Å²) in [5.41, 5.74) is 2.42. The first kappa shape index (κ1) is 21.4. The van der Waals surface area contributed by atoms with Crippen molar-refractivity contribution in [1.29, 1.82) is 0 Å². The smallest absolute Gasteiger partial charge is 0.313 e. The lowest BCUT2D eigenvalue weighted by atomic mass is 9.97. The van der Waals surface area contributed by atoms with E-state index in [-0.39, 0.29) is 5.82 Å². The van der Waals surface area contributed by atoms with E-state index in [4.69, 9.17) is 4.74 Å². The van der Waals surface area contributed by atoms with Crippen molar-refractivity contribution in [1.82, 2.24) is 9.55 Å². The molecule has 0 fully saturated rings. The minimum absolute atomic E-state index is 0.325. The lowest BCUT2D eigenvalue weighted by Gasteiger charge is -2.21. The molecule has 1 heterocycles. The number of carbonyl (C=O) groups is 1. The average molecular weight is 432 g/mol. The Morgan fingerprint density at radius 3 is 2.38 bits per heavy atom. The van der Waals surface area contributed by atoms with Crippen LogP contribution in [0.5, 0.6) is 0 Å². The molecule has 162 valence electrons. The van der Waals surface area contributed by atoms with Crippen LogP contribution in [0.3, 0.4) is 0 Å². The molecule has 4 nitrogen and oxygen atoms in total. The van der Waals surface area contributed by atoms with Crippen LogP contribution >= 0.6 is 0 Å². The van der Waals surface area contributed by atoms with Gasteiger partial charge in [-0.3, -0.25) is 4.79 Å². The van der Waals surface area contributed by atoms with Gasteiger partial charge in [0.05, 0.1) is 18.8 Å². The molecule has 0 amide bonds. The number of carbonyl (C=O) groups excluding carboxylic acids is 1. The Kier molecular flexibility index (Phi) is 6.40. The molecule has 4 rings (SSSR count). The first-order valence-corrected chi connectivity index (χ1v) is 10.3. The summed E-state index contributed by atoms with van der Waals surface area (Å²) < 4.78 is 35.7. The van der Waals surface area contributed by atoms with Crippen LogP contribution in [-0.4, -0.2) is 15.5 Å². The van der Waals surface area contributed by atoms with Crippen LogP contribution in [0.1, 0.15) is 30.1 Å². The van der Waals surface area contributed by atoms with Crippen molar-refractivity contribution in [3.63, 3.8) is 0 Å². The number of esters is 1. The van der Waals surface area contributed by atoms with Crippen molar-refractivity contribution in [3.8, 4) is 11.1 Å². The molecule has 0 aliphatic heterocycles. The number of halogens is 2. The van der Waals surface area contributed by atoms with E-state index in [1.807, 2.05) is 30.3 Å². The van der Waals surface area contributed by atoms with Crippen LogP contribution in [0.4, 0.5) is 8.78 Å². The predicted molar refractivity (Wildman–Crippen MR) is 118 cm³/mol. The Bertz CT molecular complexity index is 1180. The average Bonchev–Trinajstić information content (AvgIpc) is 3.32. The number of rotatable bonds is 7. The summed E-state index contributed by atoms with van der Waals surface area (Å²) >= 11 is 0. The molecule has 3 aromatic carbocycles. The van der Waals surface area contributed by atoms with E-state index in [0.717, 1.165) is 5.56 Å². The number of nitrogens with zero attached hydrogens (tertiary/aromatic N) is 2. The summed E-state index contributed by atoms with van der Waals surface area (Å²) in [4.78, 5) is 17.0. The predicted octanol–water partition coefficient (Wildman–Crippen LogP) is 5.92. The summed E-state index contributed by atoms with van der Waals surface area (Å²) in [5, 5.41) is 0. The number of ether oxygens (including phenoxy) is 1. The number of aromatic nitrogens is 2. The molecule has 32 heavy (non-hydrogen) atoms. The molecular weight excluding hydrogens is 410 g/mol. The maximum absolute atomic E-state index is 14.8. The molecule has 2 atom stereocenters. The summed E-state index contributed by atoms with van der Waals surface area (Å²) in [6.07, 6.45) is 4.35. The fourth-order valence-corrected chi connectivity index (χ4v) is 3.51. The Morgan fingerprint density at radius 2 is 1.72 bits per heavy atom. The molecule has 0 aliphatic rings. The lowest BCUT2D eigenvalue weighted by Crippen LogP contribution is -2.20. The Balaban J connectivity index is 1.53. The Labute approximate surface area is 185 Å². The van der Waals surface area contributed by atoms with Gasteiger partial charge in [0.1, 0.15) is 17.7 Å². The minimum Gasteiger partial charge on any atom is -0.455 e. The van der Waals surface area contributed by atoms with Gasteiger partial charge >= 0.3 is 5.97 Å². The Morgan fingerprint density at radius 1 is 1.00 bits per heavy atom. The number of imidazole rings is 1. The Hall–Kier alpha value is -3.80. The molecule has 0 bridgehead atoms. The second-order valence-corrected chi connectivity index (χ2v) is 7.56. The van der Waals surface area contributed by atoms with Crippen LogP contribution in [0.2, 0.25) is 0 Å².